The second-order valence-electron chi connectivity index (χ2n) is 7.92. The number of unbranched alkanes of at least 4 members (excludes halogenated alkanes) is 2. The highest BCUT2D eigenvalue weighted by atomic mass is 31.2. The Kier molecular flexibility index (Phi) is 9.57. The number of carbonyl (C=O) groups is 2. The van der Waals surface area contributed by atoms with Crippen molar-refractivity contribution in [2.75, 3.05) is 14.2 Å². The minimum atomic E-state index is -4.53. The first kappa shape index (κ1) is 27.6. The molecule has 0 bridgehead atoms. The SMILES string of the molecule is CCCCCc1cc(OP(=O)(Oc2ccccc2)Oc2ccccc2)c(C(=O)OC)c(C(=O)OC)c1O. The second-order valence-corrected chi connectivity index (χ2v) is 9.36. The van der Waals surface area contributed by atoms with Crippen LogP contribution in [0.4, 0.5) is 0 Å². The average Bonchev–Trinajstić information content (AvgIpc) is 2.90. The third-order valence-electron chi connectivity index (χ3n) is 5.30. The fraction of sp³-hybridized carbons (Fsp3) is 0.259. The van der Waals surface area contributed by atoms with E-state index in [9.17, 15) is 19.3 Å². The van der Waals surface area contributed by atoms with E-state index in [4.69, 9.17) is 23.0 Å². The summed E-state index contributed by atoms with van der Waals surface area (Å²) < 4.78 is 40.8. The van der Waals surface area contributed by atoms with Gasteiger partial charge in [0.25, 0.3) is 0 Å². The molecule has 0 saturated carbocycles. The number of hydrogen-bond donors (Lipinski definition) is 1. The summed E-state index contributed by atoms with van der Waals surface area (Å²) in [5, 5.41) is 10.9. The number of phosphoric ester groups is 1. The zero-order valence-electron chi connectivity index (χ0n) is 20.8. The number of rotatable bonds is 12. The van der Waals surface area contributed by atoms with Crippen LogP contribution in [-0.2, 0) is 20.5 Å². The summed E-state index contributed by atoms with van der Waals surface area (Å²) in [6.45, 7) is 2.02. The van der Waals surface area contributed by atoms with Gasteiger partial charge in [-0.05, 0) is 48.7 Å². The third-order valence-corrected chi connectivity index (χ3v) is 6.59. The fourth-order valence-electron chi connectivity index (χ4n) is 3.53. The molecule has 0 saturated heterocycles. The molecule has 0 atom stereocenters. The van der Waals surface area contributed by atoms with Crippen molar-refractivity contribution in [1.29, 1.82) is 0 Å². The van der Waals surface area contributed by atoms with Crippen molar-refractivity contribution in [3.8, 4) is 23.0 Å². The summed E-state index contributed by atoms with van der Waals surface area (Å²) in [6.07, 6.45) is 2.80. The molecule has 0 radical (unpaired) electrons. The van der Waals surface area contributed by atoms with Crippen LogP contribution in [0.5, 0.6) is 23.0 Å². The molecular weight excluding hydrogens is 499 g/mol. The van der Waals surface area contributed by atoms with E-state index in [0.29, 0.717) is 18.4 Å². The molecule has 196 valence electrons. The molecule has 0 aliphatic rings. The van der Waals surface area contributed by atoms with E-state index in [-0.39, 0.29) is 17.2 Å². The molecule has 0 heterocycles. The van der Waals surface area contributed by atoms with Gasteiger partial charge in [-0.25, -0.2) is 9.59 Å². The zero-order chi connectivity index (χ0) is 26.8. The number of para-hydroxylation sites is 2. The Labute approximate surface area is 215 Å². The van der Waals surface area contributed by atoms with E-state index in [1.165, 1.54) is 6.07 Å². The number of carbonyl (C=O) groups excluding carboxylic acids is 2. The largest absolute Gasteiger partial charge is 0.647 e. The number of aromatic hydroxyl groups is 1. The normalized spacial score (nSPS) is 10.9. The molecule has 0 spiro atoms. The highest BCUT2D eigenvalue weighted by Crippen LogP contribution is 2.51. The molecule has 3 aromatic carbocycles. The van der Waals surface area contributed by atoms with Crippen molar-refractivity contribution >= 4 is 19.8 Å². The maximum atomic E-state index is 14.0. The molecule has 0 fully saturated rings. The van der Waals surface area contributed by atoms with Crippen LogP contribution >= 0.6 is 7.82 Å². The van der Waals surface area contributed by atoms with Crippen molar-refractivity contribution < 1.29 is 42.3 Å². The maximum Gasteiger partial charge on any atom is 0.647 e. The lowest BCUT2D eigenvalue weighted by Crippen LogP contribution is -2.17. The van der Waals surface area contributed by atoms with Crippen LogP contribution in [0.15, 0.2) is 66.7 Å². The van der Waals surface area contributed by atoms with Crippen LogP contribution in [-0.4, -0.2) is 31.3 Å². The van der Waals surface area contributed by atoms with Crippen LogP contribution in [0.1, 0.15) is 52.5 Å². The van der Waals surface area contributed by atoms with Gasteiger partial charge in [-0.3, -0.25) is 0 Å². The molecule has 0 unspecified atom stereocenters. The van der Waals surface area contributed by atoms with E-state index in [0.717, 1.165) is 27.1 Å². The van der Waals surface area contributed by atoms with Crippen LogP contribution < -0.4 is 13.6 Å². The quantitative estimate of drug-likeness (QED) is 0.163. The van der Waals surface area contributed by atoms with E-state index in [1.54, 1.807) is 60.7 Å². The topological polar surface area (TPSA) is 118 Å². The summed E-state index contributed by atoms with van der Waals surface area (Å²) in [6, 6.07) is 17.7. The Morgan fingerprint density at radius 3 is 1.78 bits per heavy atom. The van der Waals surface area contributed by atoms with Gasteiger partial charge in [0.1, 0.15) is 34.1 Å². The summed E-state index contributed by atoms with van der Waals surface area (Å²) >= 11 is 0. The van der Waals surface area contributed by atoms with Gasteiger partial charge in [-0.2, -0.15) is 4.57 Å². The second kappa shape index (κ2) is 12.8. The predicted octanol–water partition coefficient (Wildman–Crippen LogP) is 6.34. The lowest BCUT2D eigenvalue weighted by molar-refractivity contribution is 0.0549. The molecule has 3 rings (SSSR count). The molecule has 10 heteroatoms. The molecular formula is C27H29O9P. The minimum Gasteiger partial charge on any atom is -0.507 e. The van der Waals surface area contributed by atoms with Crippen LogP contribution in [0.2, 0.25) is 0 Å². The Morgan fingerprint density at radius 2 is 1.30 bits per heavy atom. The van der Waals surface area contributed by atoms with Crippen LogP contribution in [0.3, 0.4) is 0 Å². The van der Waals surface area contributed by atoms with Gasteiger partial charge in [0.15, 0.2) is 0 Å². The fourth-order valence-corrected chi connectivity index (χ4v) is 4.79. The van der Waals surface area contributed by atoms with Gasteiger partial charge in [0.2, 0.25) is 0 Å². The molecule has 3 aromatic rings. The summed E-state index contributed by atoms with van der Waals surface area (Å²) in [4.78, 5) is 25.5. The Balaban J connectivity index is 2.18. The number of phenols is 1. The monoisotopic (exact) mass is 528 g/mol. The van der Waals surface area contributed by atoms with E-state index < -0.39 is 36.6 Å². The first-order valence-electron chi connectivity index (χ1n) is 11.7. The predicted molar refractivity (Wildman–Crippen MR) is 136 cm³/mol. The number of aryl methyl sites for hydroxylation is 1. The maximum absolute atomic E-state index is 14.0. The lowest BCUT2D eigenvalue weighted by Gasteiger charge is -2.22. The number of benzene rings is 3. The van der Waals surface area contributed by atoms with Gasteiger partial charge in [0.05, 0.1) is 14.2 Å². The molecule has 0 aromatic heterocycles. The number of esters is 2. The lowest BCUT2D eigenvalue weighted by atomic mass is 9.97. The number of methoxy groups -OCH3 is 2. The molecule has 1 N–H and O–H groups in total. The Bertz CT molecular complexity index is 1210. The van der Waals surface area contributed by atoms with Crippen molar-refractivity contribution in [1.82, 2.24) is 0 Å². The number of hydrogen-bond acceptors (Lipinski definition) is 9. The zero-order valence-corrected chi connectivity index (χ0v) is 21.7. The Morgan fingerprint density at radius 1 is 0.784 bits per heavy atom. The first-order valence-corrected chi connectivity index (χ1v) is 13.1. The standard InChI is InChI=1S/C27H29O9P/c1-4-5-8-13-19-18-22(23(26(29)32-2)24(25(19)28)27(30)33-3)36-37(31,34-20-14-9-6-10-15-20)35-21-16-11-7-12-17-21/h6-7,9-12,14-18,28H,4-5,8,13H2,1-3H3. The smallest absolute Gasteiger partial charge is 0.507 e. The van der Waals surface area contributed by atoms with Gasteiger partial charge >= 0.3 is 19.8 Å². The summed E-state index contributed by atoms with van der Waals surface area (Å²) in [7, 11) is -2.33. The highest BCUT2D eigenvalue weighted by Gasteiger charge is 2.38. The molecule has 0 aliphatic carbocycles. The van der Waals surface area contributed by atoms with Crippen molar-refractivity contribution in [3.05, 3.63) is 83.4 Å². The van der Waals surface area contributed by atoms with Gasteiger partial charge in [-0.1, -0.05) is 56.2 Å². The first-order chi connectivity index (χ1) is 17.8. The number of ether oxygens (including phenoxy) is 2. The number of phenolic OH excluding ortho intramolecular Hbond substituents is 1. The van der Waals surface area contributed by atoms with E-state index in [1.807, 2.05) is 6.92 Å². The summed E-state index contributed by atoms with van der Waals surface area (Å²) in [5.41, 5.74) is -0.647. The summed E-state index contributed by atoms with van der Waals surface area (Å²) in [5.74, 6) is -2.43. The van der Waals surface area contributed by atoms with E-state index >= 15 is 0 Å². The molecule has 37 heavy (non-hydrogen) atoms. The van der Waals surface area contributed by atoms with Crippen LogP contribution in [0.25, 0.3) is 0 Å². The minimum absolute atomic E-state index is 0.177. The highest BCUT2D eigenvalue weighted by molar-refractivity contribution is 7.49. The Hall–Kier alpha value is -3.97. The van der Waals surface area contributed by atoms with E-state index in [2.05, 4.69) is 0 Å². The number of phosphoric acid groups is 1. The van der Waals surface area contributed by atoms with Gasteiger partial charge < -0.3 is 28.2 Å². The molecule has 0 aliphatic heterocycles. The average molecular weight is 528 g/mol. The van der Waals surface area contributed by atoms with Gasteiger partial charge in [0, 0.05) is 0 Å². The third kappa shape index (κ3) is 7.05. The molecule has 0 amide bonds. The van der Waals surface area contributed by atoms with Crippen molar-refractivity contribution in [2.45, 2.75) is 32.6 Å². The van der Waals surface area contributed by atoms with Gasteiger partial charge in [-0.15, -0.1) is 0 Å². The van der Waals surface area contributed by atoms with Crippen molar-refractivity contribution in [2.24, 2.45) is 0 Å². The van der Waals surface area contributed by atoms with Crippen molar-refractivity contribution in [3.63, 3.8) is 0 Å². The molecule has 9 nitrogen and oxygen atoms in total. The van der Waals surface area contributed by atoms with Crippen LogP contribution in [0, 0.1) is 0 Å².